The summed E-state index contributed by atoms with van der Waals surface area (Å²) in [6, 6.07) is 4.43. The van der Waals surface area contributed by atoms with E-state index in [0.29, 0.717) is 0 Å². The van der Waals surface area contributed by atoms with Crippen LogP contribution < -0.4 is 4.90 Å². The number of hydrogen-bond donors (Lipinski definition) is 2. The number of aromatic nitrogens is 3. The second-order valence-corrected chi connectivity index (χ2v) is 8.38. The van der Waals surface area contributed by atoms with Crippen molar-refractivity contribution in [3.63, 3.8) is 0 Å². The summed E-state index contributed by atoms with van der Waals surface area (Å²) in [5, 5.41) is 8.99. The molecule has 0 spiro atoms. The van der Waals surface area contributed by atoms with E-state index >= 15 is 0 Å². The summed E-state index contributed by atoms with van der Waals surface area (Å²) in [6.45, 7) is 6.32. The highest BCUT2D eigenvalue weighted by Crippen LogP contribution is 2.44. The van der Waals surface area contributed by atoms with Gasteiger partial charge in [0.25, 0.3) is 0 Å². The molecule has 2 N–H and O–H groups in total. The van der Waals surface area contributed by atoms with Crippen LogP contribution in [-0.4, -0.2) is 40.2 Å². The van der Waals surface area contributed by atoms with Crippen molar-refractivity contribution in [3.8, 4) is 11.4 Å². The molecular formula is C21H25N5O. The summed E-state index contributed by atoms with van der Waals surface area (Å²) in [4.78, 5) is 19.9. The van der Waals surface area contributed by atoms with Crippen molar-refractivity contribution in [2.24, 2.45) is 0 Å². The zero-order valence-corrected chi connectivity index (χ0v) is 16.5. The summed E-state index contributed by atoms with van der Waals surface area (Å²) < 4.78 is 0. The lowest BCUT2D eigenvalue weighted by Gasteiger charge is -2.45. The minimum absolute atomic E-state index is 0.0187. The third kappa shape index (κ3) is 2.01. The van der Waals surface area contributed by atoms with Crippen molar-refractivity contribution < 1.29 is 4.79 Å². The molecule has 0 unspecified atom stereocenters. The average molecular weight is 363 g/mol. The third-order valence-electron chi connectivity index (χ3n) is 6.62. The van der Waals surface area contributed by atoms with Gasteiger partial charge >= 0.3 is 6.03 Å². The molecule has 3 heterocycles. The number of anilines is 1. The molecular weight excluding hydrogens is 338 g/mol. The first-order valence-corrected chi connectivity index (χ1v) is 9.55. The molecule has 6 heteroatoms. The maximum Gasteiger partial charge on any atom is 0.324 e. The smallest absolute Gasteiger partial charge is 0.324 e. The van der Waals surface area contributed by atoms with Crippen LogP contribution in [0.1, 0.15) is 42.7 Å². The molecule has 2 aliphatic rings. The first-order chi connectivity index (χ1) is 12.8. The van der Waals surface area contributed by atoms with Gasteiger partial charge in [0.15, 0.2) is 0 Å². The summed E-state index contributed by atoms with van der Waals surface area (Å²) in [7, 11) is 3.73. The number of urea groups is 1. The van der Waals surface area contributed by atoms with E-state index in [1.54, 1.807) is 4.90 Å². The highest BCUT2D eigenvalue weighted by Gasteiger charge is 2.40. The second kappa shape index (κ2) is 5.15. The third-order valence-corrected chi connectivity index (χ3v) is 6.62. The molecule has 0 fully saturated rings. The van der Waals surface area contributed by atoms with Gasteiger partial charge in [0, 0.05) is 41.8 Å². The Morgan fingerprint density at radius 2 is 1.89 bits per heavy atom. The van der Waals surface area contributed by atoms with Crippen molar-refractivity contribution in [2.45, 2.75) is 45.6 Å². The Morgan fingerprint density at radius 3 is 2.67 bits per heavy atom. The van der Waals surface area contributed by atoms with E-state index in [1.165, 1.54) is 22.1 Å². The number of hydrogen-bond acceptors (Lipinski definition) is 2. The Balaban J connectivity index is 1.81. The predicted octanol–water partition coefficient (Wildman–Crippen LogP) is 4.09. The second-order valence-electron chi connectivity index (χ2n) is 8.38. The van der Waals surface area contributed by atoms with Crippen LogP contribution in [0.4, 0.5) is 10.5 Å². The number of rotatable bonds is 0. The molecule has 0 bridgehead atoms. The van der Waals surface area contributed by atoms with Gasteiger partial charge in [-0.05, 0) is 57.7 Å². The van der Waals surface area contributed by atoms with Crippen LogP contribution in [-0.2, 0) is 18.4 Å². The van der Waals surface area contributed by atoms with Gasteiger partial charge in [-0.2, -0.15) is 5.10 Å². The number of amides is 2. The number of nitrogens with one attached hydrogen (secondary N) is 2. The van der Waals surface area contributed by atoms with Crippen LogP contribution in [0.2, 0.25) is 0 Å². The van der Waals surface area contributed by atoms with Crippen molar-refractivity contribution in [1.82, 2.24) is 20.1 Å². The average Bonchev–Trinajstić information content (AvgIpc) is 3.12. The number of nitrogens with zero attached hydrogens (tertiary/aromatic N) is 3. The molecule has 0 saturated carbocycles. The predicted molar refractivity (Wildman–Crippen MR) is 107 cm³/mol. The highest BCUT2D eigenvalue weighted by atomic mass is 16.2. The molecule has 1 aliphatic carbocycles. The van der Waals surface area contributed by atoms with Crippen LogP contribution in [0.5, 0.6) is 0 Å². The molecule has 140 valence electrons. The van der Waals surface area contributed by atoms with Crippen LogP contribution in [0.15, 0.2) is 12.1 Å². The van der Waals surface area contributed by atoms with Crippen molar-refractivity contribution in [2.75, 3.05) is 19.0 Å². The molecule has 0 atom stereocenters. The lowest BCUT2D eigenvalue weighted by molar-refractivity contribution is 0.157. The van der Waals surface area contributed by atoms with Crippen molar-refractivity contribution in [1.29, 1.82) is 0 Å². The molecule has 2 amide bonds. The number of fused-ring (bicyclic) bond motifs is 6. The summed E-state index contributed by atoms with van der Waals surface area (Å²) >= 11 is 0. The molecule has 1 aliphatic heterocycles. The fraction of sp³-hybridized carbons (Fsp3) is 0.429. The number of benzene rings is 1. The molecule has 6 nitrogen and oxygen atoms in total. The SMILES string of the molecule is Cc1[nH]nc2c1CCCc1c-2[nH]c2cc3c(cc12)C(C)(C)N(C)C(=O)N3C. The maximum atomic E-state index is 12.7. The maximum absolute atomic E-state index is 12.7. The summed E-state index contributed by atoms with van der Waals surface area (Å²) in [5.41, 5.74) is 8.88. The molecule has 27 heavy (non-hydrogen) atoms. The zero-order chi connectivity index (χ0) is 19.1. The van der Waals surface area contributed by atoms with E-state index in [2.05, 4.69) is 48.1 Å². The fourth-order valence-electron chi connectivity index (χ4n) is 4.67. The van der Waals surface area contributed by atoms with Gasteiger partial charge in [-0.1, -0.05) is 0 Å². The highest BCUT2D eigenvalue weighted by molar-refractivity contribution is 6.01. The van der Waals surface area contributed by atoms with E-state index in [4.69, 9.17) is 0 Å². The van der Waals surface area contributed by atoms with Crippen LogP contribution in [0.3, 0.4) is 0 Å². The lowest BCUT2D eigenvalue weighted by Crippen LogP contribution is -2.53. The van der Waals surface area contributed by atoms with Crippen LogP contribution >= 0.6 is 0 Å². The molecule has 5 rings (SSSR count). The Hall–Kier alpha value is -2.76. The molecule has 1 aromatic carbocycles. The van der Waals surface area contributed by atoms with E-state index in [1.807, 2.05) is 19.0 Å². The van der Waals surface area contributed by atoms with E-state index < -0.39 is 0 Å². The molecule has 0 radical (unpaired) electrons. The normalized spacial score (nSPS) is 18.3. The number of carbonyl (C=O) groups excluding carboxylic acids is 1. The van der Waals surface area contributed by atoms with Gasteiger partial charge in [-0.25, -0.2) is 4.79 Å². The molecule has 3 aromatic rings. The van der Waals surface area contributed by atoms with E-state index in [0.717, 1.165) is 47.5 Å². The minimum Gasteiger partial charge on any atom is -0.353 e. The van der Waals surface area contributed by atoms with Gasteiger partial charge in [0.1, 0.15) is 5.69 Å². The monoisotopic (exact) mass is 363 g/mol. The number of aryl methyl sites for hydroxylation is 2. The topological polar surface area (TPSA) is 68.0 Å². The van der Waals surface area contributed by atoms with Crippen molar-refractivity contribution >= 4 is 22.6 Å². The minimum atomic E-state index is -0.351. The summed E-state index contributed by atoms with van der Waals surface area (Å²) in [6.07, 6.45) is 3.21. The largest absolute Gasteiger partial charge is 0.353 e. The van der Waals surface area contributed by atoms with Gasteiger partial charge in [0.05, 0.1) is 16.9 Å². The van der Waals surface area contributed by atoms with E-state index in [9.17, 15) is 4.79 Å². The van der Waals surface area contributed by atoms with E-state index in [-0.39, 0.29) is 11.6 Å². The first kappa shape index (κ1) is 16.4. The van der Waals surface area contributed by atoms with Crippen LogP contribution in [0, 0.1) is 6.92 Å². The van der Waals surface area contributed by atoms with Crippen LogP contribution in [0.25, 0.3) is 22.3 Å². The molecule has 2 aromatic heterocycles. The lowest BCUT2D eigenvalue weighted by atomic mass is 9.87. The van der Waals surface area contributed by atoms with Gasteiger partial charge < -0.3 is 9.88 Å². The number of aromatic amines is 2. The first-order valence-electron chi connectivity index (χ1n) is 9.55. The Morgan fingerprint density at radius 1 is 1.15 bits per heavy atom. The van der Waals surface area contributed by atoms with Crippen molar-refractivity contribution in [3.05, 3.63) is 34.5 Å². The Kier molecular flexibility index (Phi) is 3.13. The quantitative estimate of drug-likeness (QED) is 0.632. The summed E-state index contributed by atoms with van der Waals surface area (Å²) in [5.74, 6) is 0. The Bertz CT molecular complexity index is 1100. The molecule has 0 saturated heterocycles. The Labute approximate surface area is 158 Å². The van der Waals surface area contributed by atoms with Gasteiger partial charge in [-0.15, -0.1) is 0 Å². The number of H-pyrrole nitrogens is 2. The number of carbonyl (C=O) groups is 1. The van der Waals surface area contributed by atoms with Gasteiger partial charge in [-0.3, -0.25) is 10.00 Å². The zero-order valence-electron chi connectivity index (χ0n) is 16.5. The van der Waals surface area contributed by atoms with Gasteiger partial charge in [0.2, 0.25) is 0 Å². The fourth-order valence-corrected chi connectivity index (χ4v) is 4.67. The standard InChI is InChI=1S/C21H25N5O/c1-11-12-7-6-8-13-14-9-15-17(25(4)20(27)26(5)21(15,2)3)10-16(14)22-18(13)19(12)24-23-11/h9-10,22H,6-8H2,1-5H3,(H,23,24).